The number of piperidine rings is 2. The molecule has 0 radical (unpaired) electrons. The van der Waals surface area contributed by atoms with Crippen molar-refractivity contribution in [2.24, 2.45) is 5.92 Å². The van der Waals surface area contributed by atoms with Crippen molar-refractivity contribution in [3.63, 3.8) is 0 Å². The van der Waals surface area contributed by atoms with Crippen molar-refractivity contribution in [1.29, 1.82) is 0 Å². The summed E-state index contributed by atoms with van der Waals surface area (Å²) in [6.45, 7) is 2.85. The summed E-state index contributed by atoms with van der Waals surface area (Å²) in [7, 11) is 1.83. The number of hydrogen-bond donors (Lipinski definition) is 1. The molecule has 2 heterocycles. The van der Waals surface area contributed by atoms with Crippen LogP contribution in [0.3, 0.4) is 0 Å². The number of likely N-dealkylation sites (tertiary alicyclic amines) is 1. The van der Waals surface area contributed by atoms with Gasteiger partial charge in [0.15, 0.2) is 0 Å². The van der Waals surface area contributed by atoms with Crippen molar-refractivity contribution >= 4 is 46.6 Å². The van der Waals surface area contributed by atoms with Crippen LogP contribution in [-0.4, -0.2) is 60.9 Å². The van der Waals surface area contributed by atoms with Crippen molar-refractivity contribution < 1.29 is 9.59 Å². The lowest BCUT2D eigenvalue weighted by Gasteiger charge is -2.44. The molecule has 0 bridgehead atoms. The number of benzene rings is 2. The Bertz CT molecular complexity index is 1010. The summed E-state index contributed by atoms with van der Waals surface area (Å²) < 4.78 is 0. The van der Waals surface area contributed by atoms with Gasteiger partial charge in [-0.2, -0.15) is 0 Å². The van der Waals surface area contributed by atoms with E-state index in [9.17, 15) is 9.59 Å². The first-order chi connectivity index (χ1) is 15.8. The molecule has 2 amide bonds. The average molecular weight is 509 g/mol. The first-order valence-electron chi connectivity index (χ1n) is 11.3. The molecule has 0 aromatic heterocycles. The molecule has 4 rings (SSSR count). The van der Waals surface area contributed by atoms with E-state index in [0.717, 1.165) is 31.5 Å². The monoisotopic (exact) mass is 507 g/mol. The molecule has 5 nitrogen and oxygen atoms in total. The number of halogens is 3. The summed E-state index contributed by atoms with van der Waals surface area (Å²) in [5.74, 6) is 0.0591. The first-order valence-corrected chi connectivity index (χ1v) is 12.5. The van der Waals surface area contributed by atoms with Gasteiger partial charge in [-0.1, -0.05) is 40.9 Å². The van der Waals surface area contributed by atoms with E-state index in [-0.39, 0.29) is 29.7 Å². The van der Waals surface area contributed by atoms with Gasteiger partial charge in [-0.3, -0.25) is 9.59 Å². The number of hydrogen-bond acceptors (Lipinski definition) is 3. The van der Waals surface area contributed by atoms with Crippen molar-refractivity contribution in [2.45, 2.75) is 31.2 Å². The minimum absolute atomic E-state index is 0.0122. The number of rotatable bonds is 4. The number of likely N-dealkylation sites (N-methyl/N-ethyl adjacent to an activating group) is 1. The lowest BCUT2D eigenvalue weighted by atomic mass is 9.84. The Morgan fingerprint density at radius 3 is 2.45 bits per heavy atom. The number of carbonyl (C=O) groups is 2. The maximum atomic E-state index is 13.3. The van der Waals surface area contributed by atoms with Crippen molar-refractivity contribution in [2.75, 3.05) is 33.2 Å². The van der Waals surface area contributed by atoms with Crippen LogP contribution < -0.4 is 5.32 Å². The van der Waals surface area contributed by atoms with Gasteiger partial charge in [0.25, 0.3) is 5.91 Å². The highest BCUT2D eigenvalue weighted by Gasteiger charge is 2.38. The van der Waals surface area contributed by atoms with Crippen molar-refractivity contribution in [1.82, 2.24) is 15.1 Å². The maximum absolute atomic E-state index is 13.3. The highest BCUT2D eigenvalue weighted by atomic mass is 35.5. The Morgan fingerprint density at radius 2 is 1.79 bits per heavy atom. The predicted molar refractivity (Wildman–Crippen MR) is 133 cm³/mol. The second kappa shape index (κ2) is 10.6. The van der Waals surface area contributed by atoms with E-state index in [1.165, 1.54) is 0 Å². The zero-order valence-corrected chi connectivity index (χ0v) is 20.8. The Kier molecular flexibility index (Phi) is 7.85. The second-order valence-electron chi connectivity index (χ2n) is 8.89. The van der Waals surface area contributed by atoms with Crippen LogP contribution in [0.2, 0.25) is 15.1 Å². The highest BCUT2D eigenvalue weighted by molar-refractivity contribution is 6.42. The Labute approximate surface area is 210 Å². The molecule has 3 atom stereocenters. The van der Waals surface area contributed by atoms with E-state index < -0.39 is 0 Å². The normalized spacial score (nSPS) is 23.3. The summed E-state index contributed by atoms with van der Waals surface area (Å²) in [4.78, 5) is 30.3. The minimum atomic E-state index is -0.0843. The molecule has 2 aliphatic heterocycles. The van der Waals surface area contributed by atoms with Crippen LogP contribution in [0.1, 0.15) is 41.1 Å². The van der Waals surface area contributed by atoms with Crippen LogP contribution in [-0.2, 0) is 4.79 Å². The fourth-order valence-corrected chi connectivity index (χ4v) is 5.37. The van der Waals surface area contributed by atoms with Crippen molar-refractivity contribution in [3.8, 4) is 0 Å². The van der Waals surface area contributed by atoms with E-state index in [2.05, 4.69) is 5.32 Å². The first kappa shape index (κ1) is 24.3. The third-order valence-corrected chi connectivity index (χ3v) is 7.81. The molecule has 0 spiro atoms. The average Bonchev–Trinajstić information content (AvgIpc) is 2.85. The molecule has 2 saturated heterocycles. The second-order valence-corrected chi connectivity index (χ2v) is 10.1. The molecule has 2 aromatic rings. The van der Waals surface area contributed by atoms with Gasteiger partial charge < -0.3 is 15.1 Å². The summed E-state index contributed by atoms with van der Waals surface area (Å²) in [5, 5.41) is 4.88. The zero-order chi connectivity index (χ0) is 23.5. The summed E-state index contributed by atoms with van der Waals surface area (Å²) in [6, 6.07) is 12.4. The topological polar surface area (TPSA) is 52.7 Å². The van der Waals surface area contributed by atoms with Crippen LogP contribution in [0.4, 0.5) is 0 Å². The number of nitrogens with one attached hydrogen (secondary N) is 1. The molecular weight excluding hydrogens is 481 g/mol. The van der Waals surface area contributed by atoms with Gasteiger partial charge in [0.1, 0.15) is 0 Å². The smallest absolute Gasteiger partial charge is 0.253 e. The Balaban J connectivity index is 1.59. The van der Waals surface area contributed by atoms with Gasteiger partial charge in [-0.15, -0.1) is 0 Å². The number of amides is 2. The molecule has 1 unspecified atom stereocenters. The SMILES string of the molecule is CN(C(=O)c1ccc(Cl)cc1)[C@@H]1CCN(C(=O)C2CCCNC2)C[C@H]1c1ccc(Cl)c(Cl)c1. The highest BCUT2D eigenvalue weighted by Crippen LogP contribution is 2.35. The van der Waals surface area contributed by atoms with Gasteiger partial charge in [-0.05, 0) is 67.8 Å². The van der Waals surface area contributed by atoms with E-state index in [0.29, 0.717) is 40.1 Å². The Morgan fingerprint density at radius 1 is 1.03 bits per heavy atom. The van der Waals surface area contributed by atoms with Gasteiger partial charge >= 0.3 is 0 Å². The number of nitrogens with zero attached hydrogens (tertiary/aromatic N) is 2. The molecule has 0 aliphatic carbocycles. The van der Waals surface area contributed by atoms with Gasteiger partial charge in [-0.25, -0.2) is 0 Å². The van der Waals surface area contributed by atoms with Crippen LogP contribution >= 0.6 is 34.8 Å². The summed E-state index contributed by atoms with van der Waals surface area (Å²) in [5.41, 5.74) is 1.56. The van der Waals surface area contributed by atoms with Crippen molar-refractivity contribution in [3.05, 3.63) is 68.7 Å². The van der Waals surface area contributed by atoms with E-state index in [1.807, 2.05) is 24.1 Å². The predicted octanol–water partition coefficient (Wildman–Crippen LogP) is 5.10. The molecule has 0 saturated carbocycles. The van der Waals surface area contributed by atoms with E-state index in [4.69, 9.17) is 34.8 Å². The van der Waals surface area contributed by atoms with Gasteiger partial charge in [0.05, 0.1) is 16.0 Å². The fraction of sp³-hybridized carbons (Fsp3) is 0.440. The zero-order valence-electron chi connectivity index (χ0n) is 18.6. The van der Waals surface area contributed by atoms with Crippen LogP contribution in [0.15, 0.2) is 42.5 Å². The third-order valence-electron chi connectivity index (χ3n) is 6.81. The van der Waals surface area contributed by atoms with E-state index >= 15 is 0 Å². The lowest BCUT2D eigenvalue weighted by molar-refractivity contribution is -0.138. The van der Waals surface area contributed by atoms with Gasteiger partial charge in [0, 0.05) is 49.2 Å². The molecule has 8 heteroatoms. The quantitative estimate of drug-likeness (QED) is 0.625. The fourth-order valence-electron chi connectivity index (χ4n) is 4.94. The molecule has 33 heavy (non-hydrogen) atoms. The van der Waals surface area contributed by atoms with Crippen LogP contribution in [0.25, 0.3) is 0 Å². The van der Waals surface area contributed by atoms with Crippen LogP contribution in [0.5, 0.6) is 0 Å². The molecule has 2 aliphatic rings. The standard InChI is InChI=1S/C25H28Cl3N3O2/c1-30(24(32)16-4-7-19(26)8-5-16)23-10-12-31(25(33)18-3-2-11-29-14-18)15-20(23)17-6-9-21(27)22(28)13-17/h4-9,13,18,20,23,29H,2-3,10-12,14-15H2,1H3/t18?,20-,23+/m0/s1. The lowest BCUT2D eigenvalue weighted by Crippen LogP contribution is -2.54. The summed E-state index contributed by atoms with van der Waals surface area (Å²) in [6.07, 6.45) is 2.62. The minimum Gasteiger partial charge on any atom is -0.342 e. The molecule has 176 valence electrons. The summed E-state index contributed by atoms with van der Waals surface area (Å²) >= 11 is 18.5. The van der Waals surface area contributed by atoms with E-state index in [1.54, 1.807) is 35.2 Å². The Hall–Kier alpha value is -1.79. The molecule has 1 N–H and O–H groups in total. The third kappa shape index (κ3) is 5.48. The molecule has 2 aromatic carbocycles. The molecular formula is C25H28Cl3N3O2. The van der Waals surface area contributed by atoms with Gasteiger partial charge in [0.2, 0.25) is 5.91 Å². The maximum Gasteiger partial charge on any atom is 0.253 e. The largest absolute Gasteiger partial charge is 0.342 e. The number of carbonyl (C=O) groups excluding carboxylic acids is 2. The molecule has 2 fully saturated rings. The van der Waals surface area contributed by atoms with Crippen LogP contribution in [0, 0.1) is 5.92 Å².